The minimum Gasteiger partial charge on any atom is -0.463 e. The molecule has 1 saturated carbocycles. The van der Waals surface area contributed by atoms with Gasteiger partial charge in [0.25, 0.3) is 0 Å². The number of nitrogens with one attached hydrogen (secondary N) is 2. The largest absolute Gasteiger partial charge is 0.463 e. The number of aliphatic hydroxyl groups is 1. The lowest BCUT2D eigenvalue weighted by atomic mass is 9.93. The van der Waals surface area contributed by atoms with Gasteiger partial charge in [-0.25, -0.2) is 0 Å². The summed E-state index contributed by atoms with van der Waals surface area (Å²) in [5.74, 6) is -1.69. The van der Waals surface area contributed by atoms with Gasteiger partial charge in [0.1, 0.15) is 6.61 Å². The van der Waals surface area contributed by atoms with Crippen molar-refractivity contribution in [1.82, 2.24) is 10.6 Å². The maximum atomic E-state index is 13.5. The number of hydrogen-bond donors (Lipinski definition) is 3. The molecule has 0 aliphatic heterocycles. The average molecular weight is 589 g/mol. The highest BCUT2D eigenvalue weighted by molar-refractivity contribution is 5.86. The summed E-state index contributed by atoms with van der Waals surface area (Å²) in [7, 11) is 0. The fraction of sp³-hybridized carbons (Fsp3) is 0.472. The Morgan fingerprint density at radius 3 is 2.12 bits per heavy atom. The molecule has 7 nitrogen and oxygen atoms in total. The molecule has 43 heavy (non-hydrogen) atoms. The first-order valence-electron chi connectivity index (χ1n) is 15.6. The third-order valence-electron chi connectivity index (χ3n) is 8.22. The van der Waals surface area contributed by atoms with Gasteiger partial charge in [-0.15, -0.1) is 13.2 Å². The third kappa shape index (κ3) is 11.5. The predicted molar refractivity (Wildman–Crippen MR) is 170 cm³/mol. The normalized spacial score (nSPS) is 15.9. The molecule has 2 aromatic carbocycles. The Hall–Kier alpha value is -3.71. The van der Waals surface area contributed by atoms with E-state index in [1.54, 1.807) is 6.08 Å². The molecule has 1 aliphatic rings. The fourth-order valence-electron chi connectivity index (χ4n) is 5.81. The van der Waals surface area contributed by atoms with Crippen LogP contribution in [0.4, 0.5) is 0 Å². The van der Waals surface area contributed by atoms with Crippen LogP contribution in [0.25, 0.3) is 0 Å². The van der Waals surface area contributed by atoms with E-state index in [1.165, 1.54) is 0 Å². The van der Waals surface area contributed by atoms with Gasteiger partial charge in [0.05, 0.1) is 30.0 Å². The smallest absolute Gasteiger partial charge is 0.309 e. The van der Waals surface area contributed by atoms with Crippen molar-refractivity contribution >= 4 is 17.8 Å². The first kappa shape index (κ1) is 33.8. The standard InChI is InChI=1S/C36H48N2O5/c1-3-5-8-20-31(23-28-16-9-6-10-17-28)35(42)43-27-36(21-13-14-22-36)38-34(41)30(15-4-2)25-33(40)37-32(26-39)24-29-18-11-7-12-19-29/h3-4,6-7,9-12,16-19,30-32,39H,1-2,5,8,13-15,20-27H2,(H,37,40)(H,38,41)/t30-,31-,32+/m1/s1. The van der Waals surface area contributed by atoms with Crippen LogP contribution >= 0.6 is 0 Å². The summed E-state index contributed by atoms with van der Waals surface area (Å²) in [5, 5.41) is 15.9. The third-order valence-corrected chi connectivity index (χ3v) is 8.22. The Bertz CT molecular complexity index is 1160. The second-order valence-electron chi connectivity index (χ2n) is 11.8. The maximum Gasteiger partial charge on any atom is 0.309 e. The first-order valence-corrected chi connectivity index (χ1v) is 15.6. The van der Waals surface area contributed by atoms with Crippen molar-refractivity contribution in [2.75, 3.05) is 13.2 Å². The molecule has 3 N–H and O–H groups in total. The molecule has 0 heterocycles. The van der Waals surface area contributed by atoms with E-state index in [0.717, 1.165) is 36.8 Å². The quantitative estimate of drug-likeness (QED) is 0.115. The molecule has 0 bridgehead atoms. The van der Waals surface area contributed by atoms with Gasteiger partial charge in [0.15, 0.2) is 0 Å². The molecule has 1 fully saturated rings. The van der Waals surface area contributed by atoms with E-state index in [4.69, 9.17) is 4.74 Å². The zero-order valence-corrected chi connectivity index (χ0v) is 25.3. The fourth-order valence-corrected chi connectivity index (χ4v) is 5.81. The van der Waals surface area contributed by atoms with Gasteiger partial charge < -0.3 is 20.5 Å². The number of unbranched alkanes of at least 4 members (excludes halogenated alkanes) is 1. The van der Waals surface area contributed by atoms with Crippen LogP contribution in [-0.4, -0.2) is 47.7 Å². The van der Waals surface area contributed by atoms with Gasteiger partial charge >= 0.3 is 5.97 Å². The number of allylic oxidation sites excluding steroid dienone is 2. The van der Waals surface area contributed by atoms with Crippen LogP contribution in [-0.2, 0) is 32.0 Å². The number of rotatable bonds is 19. The number of esters is 1. The molecule has 0 spiro atoms. The number of ether oxygens (including phenoxy) is 1. The molecule has 2 aromatic rings. The van der Waals surface area contributed by atoms with Gasteiger partial charge in [-0.1, -0.05) is 85.7 Å². The Labute approximate surface area is 256 Å². The molecular weight excluding hydrogens is 540 g/mol. The van der Waals surface area contributed by atoms with Crippen LogP contribution in [0.3, 0.4) is 0 Å². The number of amides is 2. The molecule has 0 radical (unpaired) electrons. The molecule has 3 rings (SSSR count). The van der Waals surface area contributed by atoms with Crippen LogP contribution in [0.15, 0.2) is 86.0 Å². The van der Waals surface area contributed by atoms with E-state index in [-0.39, 0.29) is 43.3 Å². The van der Waals surface area contributed by atoms with E-state index >= 15 is 0 Å². The minimum atomic E-state index is -0.651. The summed E-state index contributed by atoms with van der Waals surface area (Å²) in [4.78, 5) is 39.8. The van der Waals surface area contributed by atoms with E-state index in [1.807, 2.05) is 66.7 Å². The highest BCUT2D eigenvalue weighted by Crippen LogP contribution is 2.31. The summed E-state index contributed by atoms with van der Waals surface area (Å²) >= 11 is 0. The summed E-state index contributed by atoms with van der Waals surface area (Å²) in [5.41, 5.74) is 1.44. The summed E-state index contributed by atoms with van der Waals surface area (Å²) < 4.78 is 5.93. The Kier molecular flexibility index (Phi) is 14.2. The lowest BCUT2D eigenvalue weighted by molar-refractivity contribution is -0.152. The highest BCUT2D eigenvalue weighted by Gasteiger charge is 2.39. The number of carbonyl (C=O) groups is 3. The van der Waals surface area contributed by atoms with Gasteiger partial charge in [-0.05, 0) is 62.5 Å². The molecule has 1 aliphatic carbocycles. The molecule has 0 aromatic heterocycles. The second-order valence-corrected chi connectivity index (χ2v) is 11.8. The van der Waals surface area contributed by atoms with Crippen LogP contribution < -0.4 is 10.6 Å². The van der Waals surface area contributed by atoms with E-state index in [9.17, 15) is 19.5 Å². The maximum absolute atomic E-state index is 13.5. The molecule has 7 heteroatoms. The number of carbonyl (C=O) groups excluding carboxylic acids is 3. The zero-order chi connectivity index (χ0) is 30.9. The topological polar surface area (TPSA) is 105 Å². The monoisotopic (exact) mass is 588 g/mol. The number of hydrogen-bond acceptors (Lipinski definition) is 5. The van der Waals surface area contributed by atoms with Crippen molar-refractivity contribution < 1.29 is 24.2 Å². The van der Waals surface area contributed by atoms with Crippen LogP contribution in [0.2, 0.25) is 0 Å². The van der Waals surface area contributed by atoms with Crippen molar-refractivity contribution in [3.05, 3.63) is 97.1 Å². The number of benzene rings is 2. The zero-order valence-electron chi connectivity index (χ0n) is 25.3. The van der Waals surface area contributed by atoms with Crippen molar-refractivity contribution in [2.24, 2.45) is 11.8 Å². The van der Waals surface area contributed by atoms with Crippen molar-refractivity contribution in [3.8, 4) is 0 Å². The van der Waals surface area contributed by atoms with Gasteiger partial charge in [-0.2, -0.15) is 0 Å². The Morgan fingerprint density at radius 1 is 0.907 bits per heavy atom. The summed E-state index contributed by atoms with van der Waals surface area (Å²) in [6.45, 7) is 7.49. The SMILES string of the molecule is C=CCCC[C@H](Cc1ccccc1)C(=O)OCC1(NC(=O)[C@H](CC=C)CC(=O)N[C@H](CO)Cc2ccccc2)CCCC1. The minimum absolute atomic E-state index is 0.0263. The van der Waals surface area contributed by atoms with Crippen LogP contribution in [0.5, 0.6) is 0 Å². The predicted octanol–water partition coefficient (Wildman–Crippen LogP) is 5.48. The summed E-state index contributed by atoms with van der Waals surface area (Å²) in [6.07, 6.45) is 10.6. The van der Waals surface area contributed by atoms with Gasteiger partial charge in [-0.3, -0.25) is 14.4 Å². The average Bonchev–Trinajstić information content (AvgIpc) is 3.48. The van der Waals surface area contributed by atoms with Gasteiger partial charge in [0.2, 0.25) is 11.8 Å². The first-order chi connectivity index (χ1) is 20.9. The highest BCUT2D eigenvalue weighted by atomic mass is 16.5. The number of aliphatic hydroxyl groups excluding tert-OH is 1. The van der Waals surface area contributed by atoms with E-state index < -0.39 is 17.5 Å². The van der Waals surface area contributed by atoms with Crippen molar-refractivity contribution in [2.45, 2.75) is 82.2 Å². The molecule has 0 unspecified atom stereocenters. The lowest BCUT2D eigenvalue weighted by Crippen LogP contribution is -2.53. The van der Waals surface area contributed by atoms with Crippen molar-refractivity contribution in [1.29, 1.82) is 0 Å². The molecule has 232 valence electrons. The molecule has 0 saturated heterocycles. The molecule has 2 amide bonds. The van der Waals surface area contributed by atoms with Crippen LogP contribution in [0.1, 0.15) is 68.9 Å². The van der Waals surface area contributed by atoms with Crippen LogP contribution in [0, 0.1) is 11.8 Å². The molecular formula is C36H48N2O5. The molecule has 3 atom stereocenters. The Balaban J connectivity index is 1.60. The Morgan fingerprint density at radius 2 is 1.53 bits per heavy atom. The van der Waals surface area contributed by atoms with E-state index in [2.05, 4.69) is 23.8 Å². The van der Waals surface area contributed by atoms with Gasteiger partial charge in [0, 0.05) is 6.42 Å². The second kappa shape index (κ2) is 18.1. The summed E-state index contributed by atoms with van der Waals surface area (Å²) in [6, 6.07) is 19.1. The van der Waals surface area contributed by atoms with Crippen molar-refractivity contribution in [3.63, 3.8) is 0 Å². The van der Waals surface area contributed by atoms with E-state index in [0.29, 0.717) is 38.5 Å². The lowest BCUT2D eigenvalue weighted by Gasteiger charge is -2.32.